The lowest BCUT2D eigenvalue weighted by atomic mass is 10.1. The number of halogens is 1. The van der Waals surface area contributed by atoms with E-state index in [0.29, 0.717) is 6.04 Å². The Morgan fingerprint density at radius 1 is 1.20 bits per heavy atom. The van der Waals surface area contributed by atoms with Gasteiger partial charge in [-0.05, 0) is 53.9 Å². The van der Waals surface area contributed by atoms with E-state index in [1.807, 2.05) is 12.1 Å². The molecule has 1 heterocycles. The van der Waals surface area contributed by atoms with Gasteiger partial charge in [0, 0.05) is 36.7 Å². The Balaban J connectivity index is 2.04. The van der Waals surface area contributed by atoms with Crippen LogP contribution in [0.3, 0.4) is 0 Å². The van der Waals surface area contributed by atoms with Crippen LogP contribution in [0.4, 0.5) is 5.69 Å². The van der Waals surface area contributed by atoms with E-state index in [1.165, 1.54) is 12.1 Å². The van der Waals surface area contributed by atoms with Crippen LogP contribution < -0.4 is 4.90 Å². The molecule has 2 rings (SSSR count). The van der Waals surface area contributed by atoms with E-state index in [0.717, 1.165) is 36.2 Å². The molecule has 0 amide bonds. The topological polar surface area (TPSA) is 26.7 Å². The van der Waals surface area contributed by atoms with E-state index < -0.39 is 6.10 Å². The molecule has 0 saturated carbocycles. The number of benzene rings is 1. The quantitative estimate of drug-likeness (QED) is 0.909. The molecular formula is C16H25BrN2O. The third kappa shape index (κ3) is 3.54. The third-order valence-corrected chi connectivity index (χ3v) is 4.96. The van der Waals surface area contributed by atoms with Crippen molar-refractivity contribution < 1.29 is 5.11 Å². The van der Waals surface area contributed by atoms with Gasteiger partial charge in [0.15, 0.2) is 0 Å². The number of anilines is 1. The van der Waals surface area contributed by atoms with E-state index in [-0.39, 0.29) is 0 Å². The molecule has 4 heteroatoms. The second-order valence-electron chi connectivity index (χ2n) is 5.67. The number of piperazine rings is 1. The summed E-state index contributed by atoms with van der Waals surface area (Å²) in [5.41, 5.74) is 2.19. The van der Waals surface area contributed by atoms with E-state index >= 15 is 0 Å². The Hall–Kier alpha value is -0.580. The van der Waals surface area contributed by atoms with Crippen LogP contribution in [0, 0.1) is 0 Å². The fourth-order valence-corrected chi connectivity index (χ4v) is 3.35. The molecule has 2 atom stereocenters. The maximum absolute atomic E-state index is 9.63. The number of aliphatic hydroxyl groups is 1. The lowest BCUT2D eigenvalue weighted by Crippen LogP contribution is -2.49. The van der Waals surface area contributed by atoms with Crippen LogP contribution in [-0.4, -0.2) is 42.2 Å². The molecular weight excluding hydrogens is 316 g/mol. The fourth-order valence-electron chi connectivity index (χ4n) is 2.70. The molecule has 0 bridgehead atoms. The molecule has 1 fully saturated rings. The zero-order valence-corrected chi connectivity index (χ0v) is 14.2. The van der Waals surface area contributed by atoms with Crippen LogP contribution in [-0.2, 0) is 0 Å². The van der Waals surface area contributed by atoms with Crippen LogP contribution in [0.1, 0.15) is 38.9 Å². The SMILES string of the molecule is CCC(C)N1CCN(c2ccc(C(C)O)cc2Br)CC1. The predicted octanol–water partition coefficient (Wildman–Crippen LogP) is 3.42. The summed E-state index contributed by atoms with van der Waals surface area (Å²) in [6.07, 6.45) is 0.801. The monoisotopic (exact) mass is 340 g/mol. The zero-order valence-electron chi connectivity index (χ0n) is 12.6. The average Bonchev–Trinajstić information content (AvgIpc) is 2.46. The van der Waals surface area contributed by atoms with Gasteiger partial charge >= 0.3 is 0 Å². The molecule has 112 valence electrons. The highest BCUT2D eigenvalue weighted by Crippen LogP contribution is 2.30. The smallest absolute Gasteiger partial charge is 0.0762 e. The Morgan fingerprint density at radius 3 is 2.35 bits per heavy atom. The summed E-state index contributed by atoms with van der Waals surface area (Å²) in [5.74, 6) is 0. The third-order valence-electron chi connectivity index (χ3n) is 4.32. The van der Waals surface area contributed by atoms with E-state index in [4.69, 9.17) is 0 Å². The molecule has 0 radical (unpaired) electrons. The summed E-state index contributed by atoms with van der Waals surface area (Å²) in [7, 11) is 0. The number of rotatable bonds is 4. The van der Waals surface area contributed by atoms with E-state index in [9.17, 15) is 5.11 Å². The number of hydrogen-bond donors (Lipinski definition) is 1. The maximum atomic E-state index is 9.63. The second kappa shape index (κ2) is 6.92. The molecule has 1 saturated heterocycles. The number of hydrogen-bond acceptors (Lipinski definition) is 3. The average molecular weight is 341 g/mol. The molecule has 3 nitrogen and oxygen atoms in total. The summed E-state index contributed by atoms with van der Waals surface area (Å²) in [4.78, 5) is 4.99. The molecule has 20 heavy (non-hydrogen) atoms. The van der Waals surface area contributed by atoms with Crippen molar-refractivity contribution in [1.82, 2.24) is 4.90 Å². The molecule has 1 aromatic rings. The minimum absolute atomic E-state index is 0.414. The van der Waals surface area contributed by atoms with Crippen molar-refractivity contribution in [3.8, 4) is 0 Å². The number of aliphatic hydroxyl groups excluding tert-OH is 1. The zero-order chi connectivity index (χ0) is 14.7. The van der Waals surface area contributed by atoms with Crippen LogP contribution >= 0.6 is 15.9 Å². The summed E-state index contributed by atoms with van der Waals surface area (Å²) in [6, 6.07) is 6.84. The van der Waals surface area contributed by atoms with Gasteiger partial charge in [-0.3, -0.25) is 4.90 Å². The van der Waals surface area contributed by atoms with Crippen molar-refractivity contribution in [2.75, 3.05) is 31.1 Å². The Kier molecular flexibility index (Phi) is 5.47. The van der Waals surface area contributed by atoms with Crippen LogP contribution in [0.15, 0.2) is 22.7 Å². The Morgan fingerprint density at radius 2 is 1.85 bits per heavy atom. The lowest BCUT2D eigenvalue weighted by Gasteiger charge is -2.39. The molecule has 0 spiro atoms. The molecule has 0 aliphatic carbocycles. The molecule has 1 aliphatic heterocycles. The fraction of sp³-hybridized carbons (Fsp3) is 0.625. The molecule has 0 aromatic heterocycles. The Bertz CT molecular complexity index is 442. The normalized spacial score (nSPS) is 19.9. The standard InChI is InChI=1S/C16H25BrN2O/c1-4-12(2)18-7-9-19(10-8-18)16-6-5-14(13(3)20)11-15(16)17/h5-6,11-13,20H,4,7-10H2,1-3H3. The first kappa shape index (κ1) is 15.8. The van der Waals surface area contributed by atoms with Gasteiger partial charge in [0.2, 0.25) is 0 Å². The Labute approximate surface area is 130 Å². The van der Waals surface area contributed by atoms with Gasteiger partial charge in [0.25, 0.3) is 0 Å². The highest BCUT2D eigenvalue weighted by Gasteiger charge is 2.21. The summed E-state index contributed by atoms with van der Waals surface area (Å²) < 4.78 is 1.08. The van der Waals surface area contributed by atoms with Crippen molar-refractivity contribution >= 4 is 21.6 Å². The van der Waals surface area contributed by atoms with E-state index in [1.54, 1.807) is 6.92 Å². The minimum atomic E-state index is -0.414. The second-order valence-corrected chi connectivity index (χ2v) is 6.52. The van der Waals surface area contributed by atoms with Gasteiger partial charge in [-0.15, -0.1) is 0 Å². The van der Waals surface area contributed by atoms with Gasteiger partial charge in [-0.25, -0.2) is 0 Å². The minimum Gasteiger partial charge on any atom is -0.389 e. The van der Waals surface area contributed by atoms with Crippen molar-refractivity contribution in [2.45, 2.75) is 39.3 Å². The first-order chi connectivity index (χ1) is 9.52. The first-order valence-corrected chi connectivity index (χ1v) is 8.28. The summed E-state index contributed by atoms with van der Waals surface area (Å²) in [6.45, 7) is 10.7. The van der Waals surface area contributed by atoms with E-state index in [2.05, 4.69) is 45.6 Å². The van der Waals surface area contributed by atoms with Crippen LogP contribution in [0.2, 0.25) is 0 Å². The predicted molar refractivity (Wildman–Crippen MR) is 88.3 cm³/mol. The van der Waals surface area contributed by atoms with Crippen LogP contribution in [0.5, 0.6) is 0 Å². The van der Waals surface area contributed by atoms with Gasteiger partial charge in [-0.2, -0.15) is 0 Å². The first-order valence-electron chi connectivity index (χ1n) is 7.49. The van der Waals surface area contributed by atoms with Crippen molar-refractivity contribution in [2.24, 2.45) is 0 Å². The maximum Gasteiger partial charge on any atom is 0.0762 e. The lowest BCUT2D eigenvalue weighted by molar-refractivity contribution is 0.192. The molecule has 1 aliphatic rings. The van der Waals surface area contributed by atoms with Crippen molar-refractivity contribution in [3.63, 3.8) is 0 Å². The summed E-state index contributed by atoms with van der Waals surface area (Å²) >= 11 is 3.64. The van der Waals surface area contributed by atoms with Gasteiger partial charge < -0.3 is 10.0 Å². The van der Waals surface area contributed by atoms with Gasteiger partial charge in [-0.1, -0.05) is 13.0 Å². The van der Waals surface area contributed by atoms with Crippen molar-refractivity contribution in [1.29, 1.82) is 0 Å². The van der Waals surface area contributed by atoms with Gasteiger partial charge in [0.05, 0.1) is 11.8 Å². The van der Waals surface area contributed by atoms with Crippen molar-refractivity contribution in [3.05, 3.63) is 28.2 Å². The largest absolute Gasteiger partial charge is 0.389 e. The molecule has 1 N–H and O–H groups in total. The highest BCUT2D eigenvalue weighted by molar-refractivity contribution is 9.10. The number of nitrogens with zero attached hydrogens (tertiary/aromatic N) is 2. The highest BCUT2D eigenvalue weighted by atomic mass is 79.9. The van der Waals surface area contributed by atoms with Crippen LogP contribution in [0.25, 0.3) is 0 Å². The summed E-state index contributed by atoms with van der Waals surface area (Å²) in [5, 5.41) is 9.63. The molecule has 2 unspecified atom stereocenters. The molecule has 1 aromatic carbocycles. The van der Waals surface area contributed by atoms with Gasteiger partial charge in [0.1, 0.15) is 0 Å².